The number of rotatable bonds is 6. The van der Waals surface area contributed by atoms with Crippen molar-refractivity contribution in [3.8, 4) is 11.5 Å². The van der Waals surface area contributed by atoms with Crippen molar-refractivity contribution in [2.24, 2.45) is 0 Å². The predicted octanol–water partition coefficient (Wildman–Crippen LogP) is 6.15. The van der Waals surface area contributed by atoms with E-state index in [4.69, 9.17) is 27.9 Å². The number of hydrogen-bond donors (Lipinski definition) is 2. The number of ether oxygens (including phenoxy) is 1. The molecule has 0 aliphatic carbocycles. The Kier molecular flexibility index (Phi) is 7.07. The normalized spacial score (nSPS) is 11.5. The Morgan fingerprint density at radius 1 is 1.16 bits per heavy atom. The van der Waals surface area contributed by atoms with Crippen LogP contribution in [0.4, 0.5) is 18.9 Å². The monoisotopic (exact) mass is 551 g/mol. The Morgan fingerprint density at radius 2 is 1.81 bits per heavy atom. The van der Waals surface area contributed by atoms with E-state index in [1.807, 2.05) is 0 Å². The second-order valence-corrected chi connectivity index (χ2v) is 8.94. The first-order valence-electron chi connectivity index (χ1n) is 10.7. The minimum absolute atomic E-state index is 0.0303. The van der Waals surface area contributed by atoms with Crippen molar-refractivity contribution >= 4 is 45.7 Å². The molecule has 192 valence electrons. The fraction of sp³-hybridized carbons (Fsp3) is 0.160. The minimum atomic E-state index is -3.46. The highest BCUT2D eigenvalue weighted by atomic mass is 35.5. The zero-order valence-electron chi connectivity index (χ0n) is 19.3. The number of amides is 1. The predicted molar refractivity (Wildman–Crippen MR) is 134 cm³/mol. The van der Waals surface area contributed by atoms with Gasteiger partial charge in [0, 0.05) is 18.1 Å². The van der Waals surface area contributed by atoms with Crippen LogP contribution < -0.4 is 15.6 Å². The number of carbonyl (C=O) groups excluding carboxylic acids is 1. The Balaban J connectivity index is 1.80. The summed E-state index contributed by atoms with van der Waals surface area (Å²) in [6.45, 7) is 1.84. The first-order chi connectivity index (χ1) is 17.4. The number of nitrogens with zero attached hydrogens (tertiary/aromatic N) is 2. The maximum atomic E-state index is 14.7. The molecule has 3 aromatic carbocycles. The number of fused-ring (bicyclic) bond motifs is 1. The molecule has 0 saturated carbocycles. The lowest BCUT2D eigenvalue weighted by Crippen LogP contribution is -2.27. The fourth-order valence-corrected chi connectivity index (χ4v) is 4.16. The molecule has 0 aliphatic rings. The maximum Gasteiger partial charge on any atom is 0.394 e. The average molecular weight is 552 g/mol. The van der Waals surface area contributed by atoms with Crippen LogP contribution >= 0.6 is 23.2 Å². The molecule has 7 nitrogen and oxygen atoms in total. The summed E-state index contributed by atoms with van der Waals surface area (Å²) in [5.74, 6) is -1.98. The fourth-order valence-electron chi connectivity index (χ4n) is 3.67. The molecular weight excluding hydrogens is 534 g/mol. The third-order valence-electron chi connectivity index (χ3n) is 5.37. The lowest BCUT2D eigenvalue weighted by atomic mass is 10.1. The molecule has 12 heteroatoms. The lowest BCUT2D eigenvalue weighted by Gasteiger charge is -2.18. The summed E-state index contributed by atoms with van der Waals surface area (Å²) < 4.78 is 47.5. The van der Waals surface area contributed by atoms with Gasteiger partial charge in [-0.3, -0.25) is 14.2 Å². The van der Waals surface area contributed by atoms with Gasteiger partial charge in [0.25, 0.3) is 11.5 Å². The number of phenolic OH excluding ortho intramolecular Hbond substituents is 1. The number of para-hydroxylation sites is 1. The number of anilines is 1. The molecule has 4 rings (SSSR count). The average Bonchev–Trinajstić information content (AvgIpc) is 2.81. The standard InChI is InChI=1S/C25H18Cl2F3N3O4/c1-12-31-21-17(28)7-8-18(32-23(35)14-9-15(26)22(34)16(27)10-14)20(21)24(36)33(12)11-13-5-3-4-6-19(13)37-25(2,29)30/h3-10,34H,11H2,1-2H3,(H,32,35). The van der Waals surface area contributed by atoms with Gasteiger partial charge in [-0.2, -0.15) is 8.78 Å². The second-order valence-electron chi connectivity index (χ2n) is 8.13. The molecule has 0 unspecified atom stereocenters. The molecule has 1 amide bonds. The Hall–Kier alpha value is -3.76. The Bertz CT molecular complexity index is 1580. The van der Waals surface area contributed by atoms with E-state index in [1.54, 1.807) is 6.07 Å². The van der Waals surface area contributed by atoms with Crippen LogP contribution in [0.3, 0.4) is 0 Å². The molecule has 0 atom stereocenters. The molecule has 2 N–H and O–H groups in total. The zero-order valence-corrected chi connectivity index (χ0v) is 20.8. The van der Waals surface area contributed by atoms with Crippen molar-refractivity contribution < 1.29 is 27.8 Å². The van der Waals surface area contributed by atoms with Gasteiger partial charge in [0.15, 0.2) is 5.75 Å². The summed E-state index contributed by atoms with van der Waals surface area (Å²) in [4.78, 5) is 30.6. The van der Waals surface area contributed by atoms with Gasteiger partial charge in [-0.25, -0.2) is 9.37 Å². The van der Waals surface area contributed by atoms with Crippen LogP contribution in [0.2, 0.25) is 10.0 Å². The number of alkyl halides is 2. The number of aromatic nitrogens is 2. The summed E-state index contributed by atoms with van der Waals surface area (Å²) in [5.41, 5.74) is -0.847. The number of benzene rings is 3. The van der Waals surface area contributed by atoms with Crippen molar-refractivity contribution in [3.05, 3.63) is 91.7 Å². The van der Waals surface area contributed by atoms with E-state index >= 15 is 0 Å². The van der Waals surface area contributed by atoms with Gasteiger partial charge in [-0.15, -0.1) is 0 Å². The van der Waals surface area contributed by atoms with Crippen LogP contribution in [0.25, 0.3) is 10.9 Å². The number of hydrogen-bond acceptors (Lipinski definition) is 5. The van der Waals surface area contributed by atoms with E-state index < -0.39 is 29.1 Å². The number of nitrogens with one attached hydrogen (secondary N) is 1. The molecule has 1 aromatic heterocycles. The zero-order chi connectivity index (χ0) is 27.1. The van der Waals surface area contributed by atoms with E-state index in [0.717, 1.165) is 10.6 Å². The van der Waals surface area contributed by atoms with E-state index in [9.17, 15) is 27.9 Å². The molecule has 0 radical (unpaired) electrons. The lowest BCUT2D eigenvalue weighted by molar-refractivity contribution is -0.159. The highest BCUT2D eigenvalue weighted by Crippen LogP contribution is 2.33. The van der Waals surface area contributed by atoms with Crippen molar-refractivity contribution in [2.45, 2.75) is 26.5 Å². The molecule has 0 spiro atoms. The van der Waals surface area contributed by atoms with Gasteiger partial charge >= 0.3 is 6.11 Å². The van der Waals surface area contributed by atoms with Gasteiger partial charge in [-0.05, 0) is 37.3 Å². The number of phenols is 1. The van der Waals surface area contributed by atoms with E-state index in [0.29, 0.717) is 6.92 Å². The molecule has 0 fully saturated rings. The van der Waals surface area contributed by atoms with Crippen LogP contribution in [0.15, 0.2) is 53.3 Å². The van der Waals surface area contributed by atoms with Crippen molar-refractivity contribution in [3.63, 3.8) is 0 Å². The van der Waals surface area contributed by atoms with Gasteiger partial charge < -0.3 is 15.2 Å². The molecule has 4 aromatic rings. The molecule has 37 heavy (non-hydrogen) atoms. The van der Waals surface area contributed by atoms with E-state index in [2.05, 4.69) is 10.3 Å². The van der Waals surface area contributed by atoms with Crippen molar-refractivity contribution in [2.75, 3.05) is 5.32 Å². The maximum absolute atomic E-state index is 14.7. The van der Waals surface area contributed by atoms with Gasteiger partial charge in [0.1, 0.15) is 22.9 Å². The quantitative estimate of drug-likeness (QED) is 0.300. The van der Waals surface area contributed by atoms with E-state index in [-0.39, 0.29) is 55.9 Å². The summed E-state index contributed by atoms with van der Waals surface area (Å²) in [6, 6.07) is 10.5. The highest BCUT2D eigenvalue weighted by molar-refractivity contribution is 6.37. The molecule has 0 saturated heterocycles. The number of halogens is 5. The number of aryl methyl sites for hydroxylation is 1. The third-order valence-corrected chi connectivity index (χ3v) is 5.95. The van der Waals surface area contributed by atoms with Gasteiger partial charge in [0.05, 0.1) is 27.7 Å². The smallest absolute Gasteiger partial charge is 0.394 e. The van der Waals surface area contributed by atoms with Crippen LogP contribution in [-0.4, -0.2) is 26.7 Å². The minimum Gasteiger partial charge on any atom is -0.505 e. The SMILES string of the molecule is Cc1nc2c(F)ccc(NC(=O)c3cc(Cl)c(O)c(Cl)c3)c2c(=O)n1Cc1ccccc1OC(C)(F)F. The van der Waals surface area contributed by atoms with Crippen LogP contribution in [0.5, 0.6) is 11.5 Å². The van der Waals surface area contributed by atoms with Crippen LogP contribution in [0.1, 0.15) is 28.7 Å². The first-order valence-corrected chi connectivity index (χ1v) is 11.4. The molecule has 0 bridgehead atoms. The topological polar surface area (TPSA) is 93.5 Å². The molecule has 1 heterocycles. The largest absolute Gasteiger partial charge is 0.505 e. The Morgan fingerprint density at radius 3 is 2.46 bits per heavy atom. The molecular formula is C25H18Cl2F3N3O4. The van der Waals surface area contributed by atoms with Gasteiger partial charge in [0.2, 0.25) is 0 Å². The van der Waals surface area contributed by atoms with Crippen LogP contribution in [-0.2, 0) is 6.54 Å². The van der Waals surface area contributed by atoms with Gasteiger partial charge in [-0.1, -0.05) is 41.4 Å². The summed E-state index contributed by atoms with van der Waals surface area (Å²) in [5, 5.41) is 11.7. The third kappa shape index (κ3) is 5.50. The van der Waals surface area contributed by atoms with E-state index in [1.165, 1.54) is 43.3 Å². The summed E-state index contributed by atoms with van der Waals surface area (Å²) >= 11 is 11.8. The summed E-state index contributed by atoms with van der Waals surface area (Å²) in [7, 11) is 0. The first kappa shape index (κ1) is 26.3. The van der Waals surface area contributed by atoms with Crippen LogP contribution in [0, 0.1) is 12.7 Å². The number of aromatic hydroxyl groups is 1. The number of carbonyl (C=O) groups is 1. The molecule has 0 aliphatic heterocycles. The summed E-state index contributed by atoms with van der Waals surface area (Å²) in [6.07, 6.45) is -3.46. The van der Waals surface area contributed by atoms with Crippen molar-refractivity contribution in [1.82, 2.24) is 9.55 Å². The Labute approximate surface area is 218 Å². The van der Waals surface area contributed by atoms with Crippen molar-refractivity contribution in [1.29, 1.82) is 0 Å². The second kappa shape index (κ2) is 9.95. The highest BCUT2D eigenvalue weighted by Gasteiger charge is 2.25.